The van der Waals surface area contributed by atoms with Crippen molar-refractivity contribution in [2.75, 3.05) is 18.4 Å². The lowest BCUT2D eigenvalue weighted by atomic mass is 9.93. The zero-order valence-electron chi connectivity index (χ0n) is 23.8. The second-order valence-corrected chi connectivity index (χ2v) is 11.1. The first-order chi connectivity index (χ1) is 20.8. The maximum Gasteiger partial charge on any atom is 0.243 e. The maximum atomic E-state index is 14.1. The molecule has 1 saturated heterocycles. The Balaban J connectivity index is 1.41. The van der Waals surface area contributed by atoms with Gasteiger partial charge in [0.15, 0.2) is 0 Å². The summed E-state index contributed by atoms with van der Waals surface area (Å²) in [5.74, 6) is -2.34. The quantitative estimate of drug-likeness (QED) is 0.304. The molecule has 2 heterocycles. The highest BCUT2D eigenvalue weighted by Crippen LogP contribution is 2.35. The van der Waals surface area contributed by atoms with Gasteiger partial charge in [-0.25, -0.2) is 4.39 Å². The Morgan fingerprint density at radius 1 is 0.651 bits per heavy atom. The molecule has 4 atom stereocenters. The van der Waals surface area contributed by atoms with E-state index in [0.29, 0.717) is 13.0 Å². The molecule has 3 aromatic carbocycles. The van der Waals surface area contributed by atoms with Crippen molar-refractivity contribution in [2.24, 2.45) is 0 Å². The first-order valence-electron chi connectivity index (χ1n) is 14.6. The van der Waals surface area contributed by atoms with Gasteiger partial charge in [-0.15, -0.1) is 0 Å². The normalized spacial score (nSPS) is 23.1. The third-order valence-corrected chi connectivity index (χ3v) is 7.88. The number of fused-ring (bicyclic) bond motifs is 1. The zero-order valence-corrected chi connectivity index (χ0v) is 23.8. The molecule has 5 N–H and O–H groups in total. The van der Waals surface area contributed by atoms with Crippen LogP contribution in [0.3, 0.4) is 0 Å². The molecule has 1 unspecified atom stereocenters. The summed E-state index contributed by atoms with van der Waals surface area (Å²) >= 11 is 0. The highest BCUT2D eigenvalue weighted by atomic mass is 19.1. The van der Waals surface area contributed by atoms with Gasteiger partial charge < -0.3 is 26.6 Å². The summed E-state index contributed by atoms with van der Waals surface area (Å²) in [5, 5.41) is 14.8. The molecule has 0 aromatic heterocycles. The van der Waals surface area contributed by atoms with Gasteiger partial charge in [0.25, 0.3) is 0 Å². The molecule has 2 aliphatic rings. The molecule has 0 bridgehead atoms. The van der Waals surface area contributed by atoms with Gasteiger partial charge in [0.2, 0.25) is 23.6 Å². The molecule has 0 spiro atoms. The summed E-state index contributed by atoms with van der Waals surface area (Å²) < 4.78 is 14.1. The van der Waals surface area contributed by atoms with Crippen LogP contribution in [0.25, 0.3) is 0 Å². The largest absolute Gasteiger partial charge is 0.384 e. The number of halogens is 1. The van der Waals surface area contributed by atoms with E-state index in [9.17, 15) is 23.6 Å². The zero-order chi connectivity index (χ0) is 30.2. The molecule has 4 amide bonds. The average Bonchev–Trinajstić information content (AvgIpc) is 3.40. The summed E-state index contributed by atoms with van der Waals surface area (Å²) in [6, 6.07) is 21.0. The molecule has 5 rings (SSSR count). The van der Waals surface area contributed by atoms with Crippen molar-refractivity contribution in [3.63, 3.8) is 0 Å². The summed E-state index contributed by atoms with van der Waals surface area (Å²) in [6.07, 6.45) is 0.702. The van der Waals surface area contributed by atoms with Crippen molar-refractivity contribution in [1.29, 1.82) is 0 Å². The molecule has 10 heteroatoms. The Hall–Kier alpha value is -4.73. The van der Waals surface area contributed by atoms with Crippen molar-refractivity contribution in [1.82, 2.24) is 21.3 Å². The van der Waals surface area contributed by atoms with E-state index in [-0.39, 0.29) is 49.9 Å². The van der Waals surface area contributed by atoms with E-state index in [1.165, 1.54) is 12.1 Å². The van der Waals surface area contributed by atoms with Gasteiger partial charge in [0.1, 0.15) is 17.9 Å². The van der Waals surface area contributed by atoms with Crippen LogP contribution in [0, 0.1) is 5.82 Å². The molecule has 1 fully saturated rings. The molecular weight excluding hydrogens is 549 g/mol. The number of anilines is 1. The number of hydrogen-bond donors (Lipinski definition) is 5. The van der Waals surface area contributed by atoms with Crippen molar-refractivity contribution in [3.8, 4) is 0 Å². The highest BCUT2D eigenvalue weighted by molar-refractivity contribution is 5.93. The van der Waals surface area contributed by atoms with E-state index >= 15 is 0 Å². The third kappa shape index (κ3) is 8.18. The third-order valence-electron chi connectivity index (χ3n) is 7.88. The summed E-state index contributed by atoms with van der Waals surface area (Å²) in [5.41, 5.74) is 3.33. The predicted molar refractivity (Wildman–Crippen MR) is 161 cm³/mol. The van der Waals surface area contributed by atoms with E-state index in [1.54, 1.807) is 6.07 Å². The van der Waals surface area contributed by atoms with Gasteiger partial charge in [-0.1, -0.05) is 60.7 Å². The number of carbonyl (C=O) groups excluding carboxylic acids is 4. The van der Waals surface area contributed by atoms with Gasteiger partial charge >= 0.3 is 0 Å². The Labute approximate surface area is 250 Å². The van der Waals surface area contributed by atoms with Gasteiger partial charge in [0.05, 0.1) is 6.04 Å². The fraction of sp³-hybridized carbons (Fsp3) is 0.333. The molecule has 224 valence electrons. The van der Waals surface area contributed by atoms with Crippen LogP contribution < -0.4 is 26.6 Å². The Morgan fingerprint density at radius 3 is 2.02 bits per heavy atom. The molecule has 0 saturated carbocycles. The fourth-order valence-electron chi connectivity index (χ4n) is 5.63. The molecule has 0 radical (unpaired) electrons. The van der Waals surface area contributed by atoms with E-state index in [1.807, 2.05) is 60.7 Å². The van der Waals surface area contributed by atoms with E-state index < -0.39 is 35.8 Å². The molecule has 3 aromatic rings. The van der Waals surface area contributed by atoms with Gasteiger partial charge in [0, 0.05) is 44.0 Å². The monoisotopic (exact) mass is 585 g/mol. The second-order valence-electron chi connectivity index (χ2n) is 11.1. The predicted octanol–water partition coefficient (Wildman–Crippen LogP) is 2.57. The summed E-state index contributed by atoms with van der Waals surface area (Å²) in [6.45, 7) is 0.635. The lowest BCUT2D eigenvalue weighted by molar-refractivity contribution is -0.133. The average molecular weight is 586 g/mol. The van der Waals surface area contributed by atoms with Crippen LogP contribution >= 0.6 is 0 Å². The lowest BCUT2D eigenvalue weighted by Gasteiger charge is -2.27. The maximum absolute atomic E-state index is 14.1. The van der Waals surface area contributed by atoms with Crippen LogP contribution in [-0.2, 0) is 32.0 Å². The first kappa shape index (κ1) is 29.8. The minimum atomic E-state index is -1.01. The van der Waals surface area contributed by atoms with Crippen molar-refractivity contribution < 1.29 is 23.6 Å². The number of amides is 4. The number of benzene rings is 3. The minimum absolute atomic E-state index is 0.0676. The van der Waals surface area contributed by atoms with Crippen LogP contribution in [0.5, 0.6) is 0 Å². The second kappa shape index (κ2) is 14.0. The van der Waals surface area contributed by atoms with Crippen LogP contribution in [0.1, 0.15) is 41.9 Å². The minimum Gasteiger partial charge on any atom is -0.384 e. The Kier molecular flexibility index (Phi) is 9.66. The molecule has 0 aliphatic carbocycles. The van der Waals surface area contributed by atoms with Crippen LogP contribution in [-0.4, -0.2) is 54.8 Å². The highest BCUT2D eigenvalue weighted by Gasteiger charge is 2.33. The topological polar surface area (TPSA) is 128 Å². The van der Waals surface area contributed by atoms with Gasteiger partial charge in [-0.05, 0) is 47.7 Å². The van der Waals surface area contributed by atoms with Gasteiger partial charge in [-0.3, -0.25) is 19.2 Å². The van der Waals surface area contributed by atoms with Crippen molar-refractivity contribution in [3.05, 3.63) is 101 Å². The van der Waals surface area contributed by atoms with E-state index in [4.69, 9.17) is 0 Å². The first-order valence-corrected chi connectivity index (χ1v) is 14.6. The SMILES string of the molecule is O=C1CCC(=O)N[C@@H](CC2CNc3ccc(F)cc32)C(=O)N[C@@H](Cc2ccccc2)C(=O)N[C@H](Cc2ccccc2)CN1. The van der Waals surface area contributed by atoms with Crippen LogP contribution in [0.15, 0.2) is 78.9 Å². The lowest BCUT2D eigenvalue weighted by Crippen LogP contribution is -2.57. The molecular formula is C33H36FN5O4. The number of carbonyl (C=O) groups is 4. The van der Waals surface area contributed by atoms with Crippen LogP contribution in [0.2, 0.25) is 0 Å². The number of nitrogens with one attached hydrogen (secondary N) is 5. The molecule has 43 heavy (non-hydrogen) atoms. The van der Waals surface area contributed by atoms with Crippen LogP contribution in [0.4, 0.5) is 10.1 Å². The number of hydrogen-bond acceptors (Lipinski definition) is 5. The van der Waals surface area contributed by atoms with Crippen molar-refractivity contribution >= 4 is 29.3 Å². The van der Waals surface area contributed by atoms with E-state index in [2.05, 4.69) is 26.6 Å². The standard InChI is InChI=1S/C33H36FN5O4/c34-24-11-12-27-26(18-24)23(19-35-27)17-29-33(43)39-28(16-22-9-5-2-6-10-22)32(42)37-25(15-21-7-3-1-4-8-21)20-36-30(40)13-14-31(41)38-29/h1-12,18,23,25,28-29,35H,13-17,19-20H2,(H,36,40)(H,37,42)(H,38,41)(H,39,43)/t23?,25-,28+,29+/m1/s1. The molecule has 2 aliphatic heterocycles. The summed E-state index contributed by atoms with van der Waals surface area (Å²) in [7, 11) is 0. The smallest absolute Gasteiger partial charge is 0.243 e. The summed E-state index contributed by atoms with van der Waals surface area (Å²) in [4.78, 5) is 53.1. The Morgan fingerprint density at radius 2 is 1.30 bits per heavy atom. The fourth-order valence-corrected chi connectivity index (χ4v) is 5.63. The van der Waals surface area contributed by atoms with Crippen molar-refractivity contribution in [2.45, 2.75) is 56.1 Å². The van der Waals surface area contributed by atoms with E-state index in [0.717, 1.165) is 22.4 Å². The molecule has 9 nitrogen and oxygen atoms in total. The number of rotatable bonds is 6. The van der Waals surface area contributed by atoms with Gasteiger partial charge in [-0.2, -0.15) is 0 Å². The Bertz CT molecular complexity index is 1450.